The second kappa shape index (κ2) is 4.70. The first-order valence-electron chi connectivity index (χ1n) is 6.05. The molecule has 0 aliphatic carbocycles. The molecule has 0 saturated heterocycles. The predicted octanol–water partition coefficient (Wildman–Crippen LogP) is 2.73. The van der Waals surface area contributed by atoms with Gasteiger partial charge in [0.2, 0.25) is 0 Å². The summed E-state index contributed by atoms with van der Waals surface area (Å²) >= 11 is 0. The fourth-order valence-corrected chi connectivity index (χ4v) is 2.17. The first-order chi connectivity index (χ1) is 9.70. The van der Waals surface area contributed by atoms with Crippen molar-refractivity contribution in [2.75, 3.05) is 7.11 Å². The summed E-state index contributed by atoms with van der Waals surface area (Å²) in [5, 5.41) is 14.5. The van der Waals surface area contributed by atoms with Crippen molar-refractivity contribution in [3.8, 4) is 11.4 Å². The molecule has 1 aromatic heterocycles. The Morgan fingerprint density at radius 1 is 1.25 bits per heavy atom. The zero-order chi connectivity index (χ0) is 14.1. The molecule has 20 heavy (non-hydrogen) atoms. The van der Waals surface area contributed by atoms with Crippen LogP contribution in [0.15, 0.2) is 48.7 Å². The zero-order valence-electron chi connectivity index (χ0n) is 10.8. The van der Waals surface area contributed by atoms with E-state index in [9.17, 15) is 9.90 Å². The van der Waals surface area contributed by atoms with Crippen LogP contribution in [0, 0.1) is 0 Å². The Balaban J connectivity index is 2.20. The lowest BCUT2D eigenvalue weighted by Gasteiger charge is -2.08. The van der Waals surface area contributed by atoms with Crippen molar-refractivity contribution in [1.82, 2.24) is 9.78 Å². The molecule has 0 fully saturated rings. The van der Waals surface area contributed by atoms with E-state index in [0.717, 1.165) is 10.9 Å². The van der Waals surface area contributed by atoms with Crippen molar-refractivity contribution in [2.45, 2.75) is 0 Å². The van der Waals surface area contributed by atoms with Crippen LogP contribution in [0.25, 0.3) is 16.6 Å². The number of hydrogen-bond donors (Lipinski definition) is 1. The highest BCUT2D eigenvalue weighted by molar-refractivity contribution is 5.92. The van der Waals surface area contributed by atoms with E-state index in [1.54, 1.807) is 29.1 Å². The van der Waals surface area contributed by atoms with Gasteiger partial charge in [-0.2, -0.15) is 5.10 Å². The molecule has 0 saturated carbocycles. The van der Waals surface area contributed by atoms with E-state index in [4.69, 9.17) is 4.74 Å². The van der Waals surface area contributed by atoms with Crippen LogP contribution in [0.3, 0.4) is 0 Å². The number of nitrogens with zero attached hydrogens (tertiary/aromatic N) is 2. The molecule has 0 bridgehead atoms. The maximum Gasteiger partial charge on any atom is 0.339 e. The maximum atomic E-state index is 11.3. The van der Waals surface area contributed by atoms with Crippen molar-refractivity contribution in [1.29, 1.82) is 0 Å². The number of aromatic carboxylic acids is 1. The van der Waals surface area contributed by atoms with Gasteiger partial charge in [0.25, 0.3) is 0 Å². The van der Waals surface area contributed by atoms with E-state index in [-0.39, 0.29) is 5.56 Å². The van der Waals surface area contributed by atoms with Crippen LogP contribution >= 0.6 is 0 Å². The molecule has 1 N–H and O–H groups in total. The molecule has 0 atom stereocenters. The Morgan fingerprint density at radius 2 is 2.05 bits per heavy atom. The number of rotatable bonds is 3. The van der Waals surface area contributed by atoms with Crippen LogP contribution < -0.4 is 4.74 Å². The van der Waals surface area contributed by atoms with Crippen LogP contribution in [0.5, 0.6) is 5.75 Å². The van der Waals surface area contributed by atoms with Crippen LogP contribution in [-0.2, 0) is 0 Å². The quantitative estimate of drug-likeness (QED) is 0.793. The summed E-state index contributed by atoms with van der Waals surface area (Å²) in [6, 6.07) is 12.7. The molecule has 5 heteroatoms. The lowest BCUT2D eigenvalue weighted by atomic mass is 10.1. The summed E-state index contributed by atoms with van der Waals surface area (Å²) in [5.74, 6) is -0.696. The normalized spacial score (nSPS) is 10.7. The number of hydrogen-bond acceptors (Lipinski definition) is 3. The molecule has 2 aromatic carbocycles. The molecular weight excluding hydrogens is 256 g/mol. The summed E-state index contributed by atoms with van der Waals surface area (Å²) in [4.78, 5) is 11.3. The van der Waals surface area contributed by atoms with Gasteiger partial charge in [0.15, 0.2) is 0 Å². The molecule has 5 nitrogen and oxygen atoms in total. The number of benzene rings is 2. The summed E-state index contributed by atoms with van der Waals surface area (Å²) in [6.07, 6.45) is 1.75. The van der Waals surface area contributed by atoms with E-state index >= 15 is 0 Å². The number of carboxylic acids is 1. The molecule has 0 aliphatic rings. The van der Waals surface area contributed by atoms with E-state index in [0.29, 0.717) is 11.4 Å². The van der Waals surface area contributed by atoms with E-state index < -0.39 is 5.97 Å². The van der Waals surface area contributed by atoms with Gasteiger partial charge in [0.1, 0.15) is 11.3 Å². The third-order valence-electron chi connectivity index (χ3n) is 3.14. The highest BCUT2D eigenvalue weighted by atomic mass is 16.5. The Bertz CT molecular complexity index is 793. The Kier molecular flexibility index (Phi) is 2.87. The molecule has 3 aromatic rings. The summed E-state index contributed by atoms with van der Waals surface area (Å²) in [6.45, 7) is 0. The molecule has 1 heterocycles. The van der Waals surface area contributed by atoms with Crippen LogP contribution in [-0.4, -0.2) is 28.0 Å². The van der Waals surface area contributed by atoms with E-state index in [1.165, 1.54) is 7.11 Å². The highest BCUT2D eigenvalue weighted by Gasteiger charge is 2.13. The van der Waals surface area contributed by atoms with Crippen LogP contribution in [0.4, 0.5) is 0 Å². The molecule has 0 radical (unpaired) electrons. The molecule has 0 aliphatic heterocycles. The molecule has 100 valence electrons. The summed E-state index contributed by atoms with van der Waals surface area (Å²) < 4.78 is 6.77. The summed E-state index contributed by atoms with van der Waals surface area (Å²) in [5.41, 5.74) is 1.72. The lowest BCUT2D eigenvalue weighted by molar-refractivity contribution is 0.0693. The van der Waals surface area contributed by atoms with Gasteiger partial charge < -0.3 is 9.84 Å². The smallest absolute Gasteiger partial charge is 0.339 e. The average Bonchev–Trinajstić information content (AvgIpc) is 2.90. The lowest BCUT2D eigenvalue weighted by Crippen LogP contribution is -2.03. The second-order valence-electron chi connectivity index (χ2n) is 4.30. The highest BCUT2D eigenvalue weighted by Crippen LogP contribution is 2.24. The third-order valence-corrected chi connectivity index (χ3v) is 3.14. The van der Waals surface area contributed by atoms with E-state index in [2.05, 4.69) is 5.10 Å². The average molecular weight is 268 g/mol. The topological polar surface area (TPSA) is 64.4 Å². The zero-order valence-corrected chi connectivity index (χ0v) is 10.8. The second-order valence-corrected chi connectivity index (χ2v) is 4.30. The molecular formula is C15H12N2O3. The number of methoxy groups -OCH3 is 1. The number of carboxylic acid groups (broad SMARTS) is 1. The van der Waals surface area contributed by atoms with Gasteiger partial charge in [-0.1, -0.05) is 18.2 Å². The fourth-order valence-electron chi connectivity index (χ4n) is 2.17. The minimum absolute atomic E-state index is 0.115. The van der Waals surface area contributed by atoms with Crippen molar-refractivity contribution < 1.29 is 14.6 Å². The molecule has 3 rings (SSSR count). The first-order valence-corrected chi connectivity index (χ1v) is 6.05. The van der Waals surface area contributed by atoms with Gasteiger partial charge in [-0.05, 0) is 24.3 Å². The minimum atomic E-state index is -1.03. The SMILES string of the molecule is COc1ccc(-n2ncc3ccccc32)cc1C(=O)O. The predicted molar refractivity (Wildman–Crippen MR) is 74.6 cm³/mol. The molecule has 0 unspecified atom stereocenters. The number of aromatic nitrogens is 2. The van der Waals surface area contributed by atoms with Crippen LogP contribution in [0.2, 0.25) is 0 Å². The van der Waals surface area contributed by atoms with Crippen molar-refractivity contribution in [2.24, 2.45) is 0 Å². The monoisotopic (exact) mass is 268 g/mol. The minimum Gasteiger partial charge on any atom is -0.496 e. The standard InChI is InChI=1S/C15H12N2O3/c1-20-14-7-6-11(8-12(14)15(18)19)17-13-5-3-2-4-10(13)9-16-17/h2-9H,1H3,(H,18,19). The molecule has 0 spiro atoms. The van der Waals surface area contributed by atoms with Gasteiger partial charge in [-0.3, -0.25) is 0 Å². The van der Waals surface area contributed by atoms with Gasteiger partial charge in [0, 0.05) is 5.39 Å². The number of para-hydroxylation sites is 1. The number of carbonyl (C=O) groups is 1. The van der Waals surface area contributed by atoms with Crippen molar-refractivity contribution in [3.63, 3.8) is 0 Å². The van der Waals surface area contributed by atoms with Crippen molar-refractivity contribution >= 4 is 16.9 Å². The number of ether oxygens (including phenoxy) is 1. The van der Waals surface area contributed by atoms with Crippen molar-refractivity contribution in [3.05, 3.63) is 54.2 Å². The first kappa shape index (κ1) is 12.2. The maximum absolute atomic E-state index is 11.3. The van der Waals surface area contributed by atoms with Gasteiger partial charge in [0.05, 0.1) is 24.5 Å². The largest absolute Gasteiger partial charge is 0.496 e. The van der Waals surface area contributed by atoms with E-state index in [1.807, 2.05) is 24.3 Å². The van der Waals surface area contributed by atoms with Gasteiger partial charge in [-0.25, -0.2) is 9.48 Å². The van der Waals surface area contributed by atoms with Gasteiger partial charge >= 0.3 is 5.97 Å². The van der Waals surface area contributed by atoms with Crippen LogP contribution in [0.1, 0.15) is 10.4 Å². The Morgan fingerprint density at radius 3 is 2.80 bits per heavy atom. The third kappa shape index (κ3) is 1.89. The Labute approximate surface area is 115 Å². The van der Waals surface area contributed by atoms with Gasteiger partial charge in [-0.15, -0.1) is 0 Å². The summed E-state index contributed by atoms with van der Waals surface area (Å²) in [7, 11) is 1.45. The number of fused-ring (bicyclic) bond motifs is 1. The molecule has 0 amide bonds. The fraction of sp³-hybridized carbons (Fsp3) is 0.0667. The Hall–Kier alpha value is -2.82.